The minimum atomic E-state index is -0.853. The molecule has 0 spiro atoms. The maximum Gasteiger partial charge on any atom is 0.335 e. The van der Waals surface area contributed by atoms with Crippen LogP contribution in [0, 0.1) is 0 Å². The first-order chi connectivity index (χ1) is 5.61. The molecule has 13 heavy (non-hydrogen) atoms. The lowest BCUT2D eigenvalue weighted by Crippen LogP contribution is -2.04. The van der Waals surface area contributed by atoms with Gasteiger partial charge in [-0.05, 0) is 30.8 Å². The number of halogens is 1. The van der Waals surface area contributed by atoms with Crippen LogP contribution in [-0.2, 0) is 0 Å². The van der Waals surface area contributed by atoms with E-state index in [0.717, 1.165) is 5.30 Å². The topological polar surface area (TPSA) is 37.3 Å². The van der Waals surface area contributed by atoms with Crippen molar-refractivity contribution in [3.05, 3.63) is 29.8 Å². The van der Waals surface area contributed by atoms with Crippen molar-refractivity contribution in [1.82, 2.24) is 0 Å². The Labute approximate surface area is 89.5 Å². The molecule has 1 aromatic carbocycles. The van der Waals surface area contributed by atoms with Crippen molar-refractivity contribution in [3.8, 4) is 0 Å². The van der Waals surface area contributed by atoms with E-state index in [1.165, 1.54) is 0 Å². The van der Waals surface area contributed by atoms with Crippen LogP contribution >= 0.6 is 24.9 Å². The molecule has 0 atom stereocenters. The Morgan fingerprint density at radius 2 is 2.00 bits per heavy atom. The van der Waals surface area contributed by atoms with Gasteiger partial charge in [0.1, 0.15) is 0 Å². The van der Waals surface area contributed by atoms with E-state index in [1.807, 2.05) is 6.07 Å². The van der Waals surface area contributed by atoms with E-state index in [2.05, 4.69) is 13.3 Å². The molecule has 1 rings (SSSR count). The van der Waals surface area contributed by atoms with Crippen LogP contribution in [0.4, 0.5) is 0 Å². The third-order valence-corrected chi connectivity index (χ3v) is 2.92. The van der Waals surface area contributed by atoms with Crippen LogP contribution in [0.3, 0.4) is 0 Å². The summed E-state index contributed by atoms with van der Waals surface area (Å²) in [4.78, 5) is 10.6. The molecule has 0 aliphatic heterocycles. The molecule has 0 aliphatic carbocycles. The third-order valence-electron chi connectivity index (χ3n) is 1.61. The number of carbonyl (C=O) groups is 1. The van der Waals surface area contributed by atoms with Crippen molar-refractivity contribution in [1.29, 1.82) is 0 Å². The summed E-state index contributed by atoms with van der Waals surface area (Å²) in [5.74, 6) is -0.853. The van der Waals surface area contributed by atoms with Crippen molar-refractivity contribution < 1.29 is 9.90 Å². The number of carboxylic acids is 1. The number of hydrogen-bond donors (Lipinski definition) is 1. The first-order valence-corrected chi connectivity index (χ1v) is 5.85. The van der Waals surface area contributed by atoms with Crippen LogP contribution in [0.15, 0.2) is 24.3 Å². The SMILES string of the molecule is Br.CP(C)c1cccc(C(=O)O)c1. The Kier molecular flexibility index (Phi) is 5.19. The summed E-state index contributed by atoms with van der Waals surface area (Å²) in [5, 5.41) is 9.83. The first-order valence-electron chi connectivity index (χ1n) is 3.62. The quantitative estimate of drug-likeness (QED) is 0.831. The summed E-state index contributed by atoms with van der Waals surface area (Å²) >= 11 is 0. The lowest BCUT2D eigenvalue weighted by molar-refractivity contribution is 0.0697. The van der Waals surface area contributed by atoms with Crippen LogP contribution in [0.5, 0.6) is 0 Å². The van der Waals surface area contributed by atoms with Crippen LogP contribution in [0.2, 0.25) is 0 Å². The smallest absolute Gasteiger partial charge is 0.335 e. The highest BCUT2D eigenvalue weighted by atomic mass is 79.9. The fourth-order valence-corrected chi connectivity index (χ4v) is 1.70. The Morgan fingerprint density at radius 3 is 2.46 bits per heavy atom. The number of carboxylic acid groups (broad SMARTS) is 1. The predicted molar refractivity (Wildman–Crippen MR) is 62.1 cm³/mol. The minimum Gasteiger partial charge on any atom is -0.478 e. The van der Waals surface area contributed by atoms with Gasteiger partial charge >= 0.3 is 5.97 Å². The standard InChI is InChI=1S/C9H11O2P.BrH/c1-12(2)8-5-3-4-7(6-8)9(10)11;/h3-6H,1-2H3,(H,10,11);1H. The molecule has 1 N–H and O–H groups in total. The van der Waals surface area contributed by atoms with Gasteiger partial charge in [0.25, 0.3) is 0 Å². The molecule has 1 aromatic rings. The Bertz CT molecular complexity index is 299. The Hall–Kier alpha value is -0.400. The third kappa shape index (κ3) is 3.45. The molecule has 72 valence electrons. The van der Waals surface area contributed by atoms with Gasteiger partial charge in [0.15, 0.2) is 0 Å². The first kappa shape index (κ1) is 12.6. The second kappa shape index (κ2) is 5.36. The average Bonchev–Trinajstić information content (AvgIpc) is 2.04. The molecule has 0 unspecified atom stereocenters. The van der Waals surface area contributed by atoms with Crippen LogP contribution < -0.4 is 5.30 Å². The molecule has 0 aromatic heterocycles. The summed E-state index contributed by atoms with van der Waals surface area (Å²) in [6.07, 6.45) is 0. The normalized spacial score (nSPS) is 9.46. The molecule has 4 heteroatoms. The zero-order chi connectivity index (χ0) is 9.14. The second-order valence-corrected chi connectivity index (χ2v) is 5.06. The van der Waals surface area contributed by atoms with Gasteiger partial charge in [0.05, 0.1) is 5.56 Å². The van der Waals surface area contributed by atoms with Gasteiger partial charge in [0.2, 0.25) is 0 Å². The summed E-state index contributed by atoms with van der Waals surface area (Å²) < 4.78 is 0. The highest BCUT2D eigenvalue weighted by Gasteiger charge is 2.04. The lowest BCUT2D eigenvalue weighted by atomic mass is 10.2. The molecule has 0 amide bonds. The van der Waals surface area contributed by atoms with E-state index in [0.29, 0.717) is 5.56 Å². The highest BCUT2D eigenvalue weighted by molar-refractivity contribution is 8.93. The van der Waals surface area contributed by atoms with E-state index < -0.39 is 5.97 Å². The van der Waals surface area contributed by atoms with Crippen molar-refractivity contribution in [2.75, 3.05) is 13.3 Å². The van der Waals surface area contributed by atoms with Gasteiger partial charge in [-0.25, -0.2) is 4.79 Å². The van der Waals surface area contributed by atoms with Crippen LogP contribution in [-0.4, -0.2) is 24.4 Å². The fraction of sp³-hybridized carbons (Fsp3) is 0.222. The minimum absolute atomic E-state index is 0. The second-order valence-electron chi connectivity index (χ2n) is 2.75. The summed E-state index contributed by atoms with van der Waals surface area (Å²) in [5.41, 5.74) is 0.378. The molecular weight excluding hydrogens is 251 g/mol. The summed E-state index contributed by atoms with van der Waals surface area (Å²) in [6.45, 7) is 4.21. The molecule has 0 bridgehead atoms. The van der Waals surface area contributed by atoms with Gasteiger partial charge in [-0.15, -0.1) is 17.0 Å². The molecular formula is C9H12BrO2P. The maximum absolute atomic E-state index is 10.6. The van der Waals surface area contributed by atoms with Crippen molar-refractivity contribution >= 4 is 36.2 Å². The monoisotopic (exact) mass is 262 g/mol. The molecule has 0 saturated carbocycles. The van der Waals surface area contributed by atoms with Crippen LogP contribution in [0.25, 0.3) is 0 Å². The van der Waals surface area contributed by atoms with E-state index in [4.69, 9.17) is 5.11 Å². The molecule has 0 heterocycles. The lowest BCUT2D eigenvalue weighted by Gasteiger charge is -2.05. The molecule has 0 radical (unpaired) electrons. The Morgan fingerprint density at radius 1 is 1.38 bits per heavy atom. The largest absolute Gasteiger partial charge is 0.478 e. The zero-order valence-electron chi connectivity index (χ0n) is 7.52. The molecule has 0 saturated heterocycles. The number of hydrogen-bond acceptors (Lipinski definition) is 1. The Balaban J connectivity index is 0.00000144. The molecule has 2 nitrogen and oxygen atoms in total. The zero-order valence-corrected chi connectivity index (χ0v) is 10.1. The van der Waals surface area contributed by atoms with Gasteiger partial charge in [-0.3, -0.25) is 0 Å². The maximum atomic E-state index is 10.6. The van der Waals surface area contributed by atoms with Gasteiger partial charge < -0.3 is 5.11 Å². The summed E-state index contributed by atoms with van der Waals surface area (Å²) in [6, 6.07) is 7.12. The summed E-state index contributed by atoms with van der Waals surface area (Å²) in [7, 11) is -0.200. The van der Waals surface area contributed by atoms with Crippen molar-refractivity contribution in [2.24, 2.45) is 0 Å². The molecule has 0 fully saturated rings. The van der Waals surface area contributed by atoms with E-state index in [-0.39, 0.29) is 24.9 Å². The van der Waals surface area contributed by atoms with Crippen LogP contribution in [0.1, 0.15) is 10.4 Å². The predicted octanol–water partition coefficient (Wildman–Crippen LogP) is 2.33. The van der Waals surface area contributed by atoms with Gasteiger partial charge in [-0.2, -0.15) is 0 Å². The highest BCUT2D eigenvalue weighted by Crippen LogP contribution is 2.23. The average molecular weight is 263 g/mol. The van der Waals surface area contributed by atoms with E-state index in [1.54, 1.807) is 18.2 Å². The van der Waals surface area contributed by atoms with Crippen molar-refractivity contribution in [2.45, 2.75) is 0 Å². The van der Waals surface area contributed by atoms with E-state index in [9.17, 15) is 4.79 Å². The van der Waals surface area contributed by atoms with E-state index >= 15 is 0 Å². The van der Waals surface area contributed by atoms with Gasteiger partial charge in [-0.1, -0.05) is 20.1 Å². The van der Waals surface area contributed by atoms with Gasteiger partial charge in [0, 0.05) is 0 Å². The van der Waals surface area contributed by atoms with Crippen molar-refractivity contribution in [3.63, 3.8) is 0 Å². The number of rotatable bonds is 2. The number of benzene rings is 1. The fourth-order valence-electron chi connectivity index (χ4n) is 0.917. The number of aromatic carboxylic acids is 1. The molecule has 0 aliphatic rings.